The molecule has 3 N–H and O–H groups in total. The molecule has 0 bridgehead atoms. The first-order valence-electron chi connectivity index (χ1n) is 4.77. The van der Waals surface area contributed by atoms with E-state index in [2.05, 4.69) is 6.58 Å². The van der Waals surface area contributed by atoms with Crippen LogP contribution in [0.1, 0.15) is 25.8 Å². The molecule has 1 aromatic carbocycles. The predicted octanol–water partition coefficient (Wildman–Crippen LogP) is 3.50. The summed E-state index contributed by atoms with van der Waals surface area (Å²) in [4.78, 5) is 0. The number of nitrogen functional groups attached to an aromatic ring is 1. The largest absolute Gasteiger partial charge is 0.665 e. The molecule has 76 valence electrons. The van der Waals surface area contributed by atoms with Crippen molar-refractivity contribution >= 4 is 5.69 Å². The Bertz CT molecular complexity index is 327. The van der Waals surface area contributed by atoms with Crippen molar-refractivity contribution in [3.8, 4) is 0 Å². The van der Waals surface area contributed by atoms with Gasteiger partial charge in [-0.2, -0.15) is 0 Å². The van der Waals surface area contributed by atoms with Crippen LogP contribution in [0.3, 0.4) is 0 Å². The van der Waals surface area contributed by atoms with E-state index < -0.39 is 5.54 Å². The van der Waals surface area contributed by atoms with Gasteiger partial charge in [-0.15, -0.1) is 6.58 Å². The van der Waals surface area contributed by atoms with Crippen LogP contribution in [0.4, 0.5) is 5.69 Å². The molecule has 2 nitrogen and oxygen atoms in total. The summed E-state index contributed by atoms with van der Waals surface area (Å²) >= 11 is 0. The first kappa shape index (κ1) is 10.8. The molecule has 0 aliphatic carbocycles. The maximum Gasteiger partial charge on any atom is 0.0314 e. The van der Waals surface area contributed by atoms with E-state index in [0.717, 1.165) is 23.2 Å². The smallest absolute Gasteiger partial charge is 0.0314 e. The van der Waals surface area contributed by atoms with Crippen LogP contribution in [0.5, 0.6) is 0 Å². The van der Waals surface area contributed by atoms with Crippen LogP contribution in [0.2, 0.25) is 0 Å². The Morgan fingerprint density at radius 1 is 1.43 bits per heavy atom. The Labute approximate surface area is 85.6 Å². The minimum absolute atomic E-state index is 0.673. The van der Waals surface area contributed by atoms with Crippen molar-refractivity contribution in [1.82, 2.24) is 0 Å². The number of nitrogens with two attached hydrogens (primary N) is 1. The summed E-state index contributed by atoms with van der Waals surface area (Å²) in [5.41, 5.74) is 15.8. The van der Waals surface area contributed by atoms with Crippen molar-refractivity contribution in [2.75, 3.05) is 5.73 Å². The fraction of sp³-hybridized carbons (Fsp3) is 0.333. The summed E-state index contributed by atoms with van der Waals surface area (Å²) in [7, 11) is 0. The molecule has 0 aliphatic heterocycles. The summed E-state index contributed by atoms with van der Waals surface area (Å²) in [5, 5.41) is 0. The standard InChI is InChI=1S/C12H17N2/c1-4-12(14,9(2)3)10-5-7-11(13)8-6-10/h5-8,14H,2,4,13H2,1,3H3/q-1. The molecule has 0 saturated carbocycles. The zero-order valence-electron chi connectivity index (χ0n) is 8.80. The first-order valence-corrected chi connectivity index (χ1v) is 4.77. The molecular formula is C12H17N2-. The van der Waals surface area contributed by atoms with Gasteiger partial charge in [0.25, 0.3) is 0 Å². The normalized spacial score (nSPS) is 14.8. The lowest BCUT2D eigenvalue weighted by molar-refractivity contribution is 0.607. The fourth-order valence-electron chi connectivity index (χ4n) is 1.52. The highest BCUT2D eigenvalue weighted by atomic mass is 14.7. The van der Waals surface area contributed by atoms with Crippen LogP contribution in [0.15, 0.2) is 36.4 Å². The van der Waals surface area contributed by atoms with Gasteiger partial charge in [-0.1, -0.05) is 42.2 Å². The minimum atomic E-state index is -0.673. The summed E-state index contributed by atoms with van der Waals surface area (Å²) in [6.07, 6.45) is 0.728. The predicted molar refractivity (Wildman–Crippen MR) is 62.0 cm³/mol. The van der Waals surface area contributed by atoms with E-state index in [0.29, 0.717) is 0 Å². The zero-order chi connectivity index (χ0) is 10.8. The molecule has 0 aromatic heterocycles. The van der Waals surface area contributed by atoms with Gasteiger partial charge in [-0.3, -0.25) is 0 Å². The molecule has 14 heavy (non-hydrogen) atoms. The van der Waals surface area contributed by atoms with E-state index in [1.54, 1.807) is 0 Å². The molecule has 0 aliphatic rings. The van der Waals surface area contributed by atoms with Crippen LogP contribution in [-0.4, -0.2) is 0 Å². The van der Waals surface area contributed by atoms with Crippen LogP contribution in [0.25, 0.3) is 5.73 Å². The number of hydrogen-bond donors (Lipinski definition) is 1. The summed E-state index contributed by atoms with van der Waals surface area (Å²) in [6, 6.07) is 7.47. The number of hydrogen-bond acceptors (Lipinski definition) is 1. The molecule has 0 amide bonds. The van der Waals surface area contributed by atoms with E-state index in [1.807, 2.05) is 38.1 Å². The molecule has 1 atom stereocenters. The van der Waals surface area contributed by atoms with Crippen LogP contribution >= 0.6 is 0 Å². The third kappa shape index (κ3) is 1.80. The lowest BCUT2D eigenvalue weighted by atomic mass is 9.83. The Morgan fingerprint density at radius 2 is 1.93 bits per heavy atom. The molecule has 0 saturated heterocycles. The van der Waals surface area contributed by atoms with Gasteiger partial charge in [-0.25, -0.2) is 0 Å². The van der Waals surface area contributed by atoms with E-state index in [9.17, 15) is 0 Å². The van der Waals surface area contributed by atoms with Crippen molar-refractivity contribution in [3.63, 3.8) is 0 Å². The maximum absolute atomic E-state index is 8.30. The molecule has 1 aromatic rings. The van der Waals surface area contributed by atoms with Crippen molar-refractivity contribution in [2.24, 2.45) is 0 Å². The molecule has 0 radical (unpaired) electrons. The Balaban J connectivity index is 3.13. The SMILES string of the molecule is C=C(C)C([NH-])(CC)c1ccc(N)cc1. The third-order valence-electron chi connectivity index (χ3n) is 2.66. The monoisotopic (exact) mass is 189 g/mol. The summed E-state index contributed by atoms with van der Waals surface area (Å²) < 4.78 is 0. The second-order valence-corrected chi connectivity index (χ2v) is 3.66. The van der Waals surface area contributed by atoms with Gasteiger partial charge in [0.15, 0.2) is 0 Å². The summed E-state index contributed by atoms with van der Waals surface area (Å²) in [6.45, 7) is 7.77. The highest BCUT2D eigenvalue weighted by molar-refractivity contribution is 5.45. The molecule has 0 fully saturated rings. The molecule has 0 spiro atoms. The summed E-state index contributed by atoms with van der Waals surface area (Å²) in [5.74, 6) is 0. The molecule has 2 heteroatoms. The molecular weight excluding hydrogens is 172 g/mol. The van der Waals surface area contributed by atoms with E-state index in [-0.39, 0.29) is 0 Å². The van der Waals surface area contributed by atoms with Gasteiger partial charge >= 0.3 is 0 Å². The van der Waals surface area contributed by atoms with Crippen molar-refractivity contribution < 1.29 is 0 Å². The lowest BCUT2D eigenvalue weighted by Crippen LogP contribution is -2.20. The van der Waals surface area contributed by atoms with Gasteiger partial charge in [-0.05, 0) is 19.1 Å². The molecule has 1 rings (SSSR count). The minimum Gasteiger partial charge on any atom is -0.665 e. The van der Waals surface area contributed by atoms with E-state index in [1.165, 1.54) is 0 Å². The number of benzene rings is 1. The average molecular weight is 189 g/mol. The number of nitrogens with one attached hydrogen (secondary N) is 1. The second kappa shape index (κ2) is 3.84. The maximum atomic E-state index is 8.30. The highest BCUT2D eigenvalue weighted by Crippen LogP contribution is 2.35. The van der Waals surface area contributed by atoms with E-state index >= 15 is 0 Å². The molecule has 0 heterocycles. The topological polar surface area (TPSA) is 49.8 Å². The van der Waals surface area contributed by atoms with Crippen LogP contribution < -0.4 is 5.73 Å². The Morgan fingerprint density at radius 3 is 2.29 bits per heavy atom. The quantitative estimate of drug-likeness (QED) is 0.574. The zero-order valence-corrected chi connectivity index (χ0v) is 8.80. The highest BCUT2D eigenvalue weighted by Gasteiger charge is 2.17. The lowest BCUT2D eigenvalue weighted by Gasteiger charge is -2.39. The third-order valence-corrected chi connectivity index (χ3v) is 2.66. The number of anilines is 1. The molecule has 1 unspecified atom stereocenters. The van der Waals surface area contributed by atoms with Crippen LogP contribution in [0, 0.1) is 0 Å². The van der Waals surface area contributed by atoms with E-state index in [4.69, 9.17) is 11.5 Å². The second-order valence-electron chi connectivity index (χ2n) is 3.66. The van der Waals surface area contributed by atoms with Gasteiger partial charge in [0, 0.05) is 5.69 Å². The van der Waals surface area contributed by atoms with Gasteiger partial charge in [0.05, 0.1) is 0 Å². The fourth-order valence-corrected chi connectivity index (χ4v) is 1.52. The number of rotatable bonds is 3. The van der Waals surface area contributed by atoms with Crippen LogP contribution in [-0.2, 0) is 5.54 Å². The van der Waals surface area contributed by atoms with Gasteiger partial charge in [0.1, 0.15) is 0 Å². The van der Waals surface area contributed by atoms with Crippen molar-refractivity contribution in [1.29, 1.82) is 0 Å². The van der Waals surface area contributed by atoms with Crippen molar-refractivity contribution in [3.05, 3.63) is 47.7 Å². The average Bonchev–Trinajstić information content (AvgIpc) is 2.17. The van der Waals surface area contributed by atoms with Gasteiger partial charge in [0.2, 0.25) is 0 Å². The first-order chi connectivity index (χ1) is 6.50. The van der Waals surface area contributed by atoms with Crippen molar-refractivity contribution in [2.45, 2.75) is 25.8 Å². The Hall–Kier alpha value is -1.28. The van der Waals surface area contributed by atoms with Gasteiger partial charge < -0.3 is 11.5 Å². The Kier molecular flexibility index (Phi) is 2.96.